The summed E-state index contributed by atoms with van der Waals surface area (Å²) in [6.07, 6.45) is 5.64. The molecule has 0 spiro atoms. The van der Waals surface area contributed by atoms with E-state index in [2.05, 4.69) is 54.6 Å². The Balaban J connectivity index is 1.68. The van der Waals surface area contributed by atoms with Crippen molar-refractivity contribution in [1.29, 1.82) is 0 Å². The van der Waals surface area contributed by atoms with Gasteiger partial charge >= 0.3 is 0 Å². The standard InChI is InChI=1S/C23H32N2O/c1-16(2)24-18(4)13-17(3)22-7-6-11-25(15-22)19(5)21-9-8-20-10-12-26-23(20)14-21/h8-9,13-14,19,22H,3,6-7,10-12,15H2,1-2,4-5H3/b18-13-/t19-,22-/m0/s1. The van der Waals surface area contributed by atoms with E-state index < -0.39 is 0 Å². The summed E-state index contributed by atoms with van der Waals surface area (Å²) in [6, 6.07) is 7.17. The van der Waals surface area contributed by atoms with Crippen molar-refractivity contribution < 1.29 is 4.74 Å². The Kier molecular flexibility index (Phi) is 5.98. The van der Waals surface area contributed by atoms with E-state index in [1.165, 1.54) is 29.5 Å². The number of nitrogens with zero attached hydrogens (tertiary/aromatic N) is 2. The highest BCUT2D eigenvalue weighted by molar-refractivity contribution is 5.80. The fourth-order valence-corrected chi connectivity index (χ4v) is 4.09. The van der Waals surface area contributed by atoms with Crippen molar-refractivity contribution in [3.63, 3.8) is 0 Å². The van der Waals surface area contributed by atoms with Crippen molar-refractivity contribution in [3.05, 3.63) is 53.3 Å². The zero-order valence-corrected chi connectivity index (χ0v) is 16.7. The smallest absolute Gasteiger partial charge is 0.122 e. The molecule has 0 saturated carbocycles. The number of rotatable bonds is 5. The lowest BCUT2D eigenvalue weighted by molar-refractivity contribution is 0.146. The molecule has 2 atom stereocenters. The van der Waals surface area contributed by atoms with Gasteiger partial charge in [0, 0.05) is 30.4 Å². The average Bonchev–Trinajstić information content (AvgIpc) is 3.08. The molecule has 1 fully saturated rings. The van der Waals surface area contributed by atoms with Crippen LogP contribution in [0.4, 0.5) is 0 Å². The van der Waals surface area contributed by atoms with Gasteiger partial charge in [-0.3, -0.25) is 9.89 Å². The van der Waals surface area contributed by atoms with Crippen LogP contribution in [0.25, 0.3) is 0 Å². The minimum atomic E-state index is 0.404. The third kappa shape index (κ3) is 4.45. The Bertz CT molecular complexity index is 728. The van der Waals surface area contributed by atoms with Crippen molar-refractivity contribution in [2.24, 2.45) is 10.9 Å². The topological polar surface area (TPSA) is 24.8 Å². The maximum Gasteiger partial charge on any atom is 0.122 e. The van der Waals surface area contributed by atoms with E-state index in [9.17, 15) is 0 Å². The molecule has 2 heterocycles. The third-order valence-electron chi connectivity index (χ3n) is 5.52. The summed E-state index contributed by atoms with van der Waals surface area (Å²) in [5.41, 5.74) is 6.05. The molecule has 3 rings (SSSR count). The lowest BCUT2D eigenvalue weighted by Gasteiger charge is -2.37. The zero-order chi connectivity index (χ0) is 18.7. The molecule has 2 aliphatic heterocycles. The van der Waals surface area contributed by atoms with Crippen LogP contribution in [-0.4, -0.2) is 30.3 Å². The first-order valence-electron chi connectivity index (χ1n) is 9.82. The van der Waals surface area contributed by atoms with E-state index in [1.807, 2.05) is 13.8 Å². The van der Waals surface area contributed by atoms with E-state index in [0.717, 1.165) is 43.3 Å². The second-order valence-electron chi connectivity index (χ2n) is 7.90. The maximum absolute atomic E-state index is 5.76. The first-order valence-corrected chi connectivity index (χ1v) is 9.82. The van der Waals surface area contributed by atoms with Gasteiger partial charge in [-0.15, -0.1) is 0 Å². The highest BCUT2D eigenvalue weighted by Crippen LogP contribution is 2.34. The molecule has 0 unspecified atom stereocenters. The van der Waals surface area contributed by atoms with Gasteiger partial charge in [-0.2, -0.15) is 0 Å². The number of piperidine rings is 1. The number of hydrogen-bond donors (Lipinski definition) is 0. The lowest BCUT2D eigenvalue weighted by Crippen LogP contribution is -2.37. The Morgan fingerprint density at radius 2 is 2.15 bits per heavy atom. The van der Waals surface area contributed by atoms with E-state index >= 15 is 0 Å². The number of allylic oxidation sites excluding steroid dienone is 2. The molecule has 2 aliphatic rings. The predicted octanol–water partition coefficient (Wildman–Crippen LogP) is 5.34. The number of likely N-dealkylation sites (tertiary alicyclic amines) is 1. The maximum atomic E-state index is 5.76. The SMILES string of the molecule is C=C(/C=C(/C)N=C(C)C)[C@H]1CCCN([C@@H](C)c2ccc3c(c2)OCC3)C1. The van der Waals surface area contributed by atoms with Crippen molar-refractivity contribution in [1.82, 2.24) is 4.90 Å². The summed E-state index contributed by atoms with van der Waals surface area (Å²) in [6.45, 7) is 15.8. The second kappa shape index (κ2) is 8.22. The van der Waals surface area contributed by atoms with Crippen molar-refractivity contribution >= 4 is 5.71 Å². The zero-order valence-electron chi connectivity index (χ0n) is 16.7. The van der Waals surface area contributed by atoms with Gasteiger partial charge in [0.15, 0.2) is 0 Å². The number of fused-ring (bicyclic) bond motifs is 1. The molecule has 0 aromatic heterocycles. The fraction of sp³-hybridized carbons (Fsp3) is 0.522. The van der Waals surface area contributed by atoms with Gasteiger partial charge in [0.05, 0.1) is 6.61 Å². The van der Waals surface area contributed by atoms with E-state index in [4.69, 9.17) is 4.74 Å². The molecule has 0 amide bonds. The summed E-state index contributed by atoms with van der Waals surface area (Å²) >= 11 is 0. The Hall–Kier alpha value is -1.87. The Morgan fingerprint density at radius 3 is 2.92 bits per heavy atom. The number of hydrogen-bond acceptors (Lipinski definition) is 3. The molecule has 3 nitrogen and oxygen atoms in total. The van der Waals surface area contributed by atoms with Crippen molar-refractivity contribution in [2.45, 2.75) is 53.0 Å². The molecule has 1 aromatic carbocycles. The molecule has 0 bridgehead atoms. The van der Waals surface area contributed by atoms with Crippen molar-refractivity contribution in [3.8, 4) is 5.75 Å². The van der Waals surface area contributed by atoms with Gasteiger partial charge in [-0.05, 0) is 81.8 Å². The molecule has 3 heteroatoms. The normalized spacial score (nSPS) is 21.7. The van der Waals surface area contributed by atoms with Gasteiger partial charge in [-0.1, -0.05) is 18.7 Å². The van der Waals surface area contributed by atoms with Crippen LogP contribution in [0.3, 0.4) is 0 Å². The van der Waals surface area contributed by atoms with E-state index in [1.54, 1.807) is 0 Å². The lowest BCUT2D eigenvalue weighted by atomic mass is 9.89. The summed E-state index contributed by atoms with van der Waals surface area (Å²) < 4.78 is 5.76. The first kappa shape index (κ1) is 18.9. The van der Waals surface area contributed by atoms with Crippen LogP contribution >= 0.6 is 0 Å². The van der Waals surface area contributed by atoms with Crippen LogP contribution in [0, 0.1) is 5.92 Å². The molecule has 0 aliphatic carbocycles. The molecule has 140 valence electrons. The molecule has 0 N–H and O–H groups in total. The van der Waals surface area contributed by atoms with E-state index in [-0.39, 0.29) is 0 Å². The second-order valence-corrected chi connectivity index (χ2v) is 7.90. The van der Waals surface area contributed by atoms with Gasteiger partial charge in [-0.25, -0.2) is 0 Å². The largest absolute Gasteiger partial charge is 0.493 e. The molecular formula is C23H32N2O. The molecule has 26 heavy (non-hydrogen) atoms. The first-order chi connectivity index (χ1) is 12.4. The van der Waals surface area contributed by atoms with Crippen LogP contribution < -0.4 is 4.74 Å². The van der Waals surface area contributed by atoms with Crippen LogP contribution in [0.1, 0.15) is 57.7 Å². The van der Waals surface area contributed by atoms with Crippen LogP contribution in [0.5, 0.6) is 5.75 Å². The third-order valence-corrected chi connectivity index (χ3v) is 5.52. The molecular weight excluding hydrogens is 320 g/mol. The van der Waals surface area contributed by atoms with Crippen LogP contribution in [-0.2, 0) is 6.42 Å². The molecule has 1 saturated heterocycles. The quantitative estimate of drug-likeness (QED) is 0.528. The predicted molar refractivity (Wildman–Crippen MR) is 110 cm³/mol. The minimum Gasteiger partial charge on any atom is -0.493 e. The molecule has 0 radical (unpaired) electrons. The van der Waals surface area contributed by atoms with Gasteiger partial charge in [0.25, 0.3) is 0 Å². The summed E-state index contributed by atoms with van der Waals surface area (Å²) in [5.74, 6) is 1.60. The van der Waals surface area contributed by atoms with Gasteiger partial charge in [0.2, 0.25) is 0 Å². The number of benzene rings is 1. The Labute approximate surface area is 158 Å². The minimum absolute atomic E-state index is 0.404. The molecule has 1 aromatic rings. The monoisotopic (exact) mass is 352 g/mol. The van der Waals surface area contributed by atoms with Crippen LogP contribution in [0.2, 0.25) is 0 Å². The van der Waals surface area contributed by atoms with E-state index in [0.29, 0.717) is 12.0 Å². The number of ether oxygens (including phenoxy) is 1. The van der Waals surface area contributed by atoms with Gasteiger partial charge in [0.1, 0.15) is 5.75 Å². The number of aliphatic imine (C=N–C) groups is 1. The highest BCUT2D eigenvalue weighted by Gasteiger charge is 2.26. The summed E-state index contributed by atoms with van der Waals surface area (Å²) in [7, 11) is 0. The average molecular weight is 353 g/mol. The van der Waals surface area contributed by atoms with Gasteiger partial charge < -0.3 is 4.74 Å². The summed E-state index contributed by atoms with van der Waals surface area (Å²) in [4.78, 5) is 7.13. The summed E-state index contributed by atoms with van der Waals surface area (Å²) in [5, 5.41) is 0. The highest BCUT2D eigenvalue weighted by atomic mass is 16.5. The Morgan fingerprint density at radius 1 is 1.35 bits per heavy atom. The van der Waals surface area contributed by atoms with Crippen molar-refractivity contribution in [2.75, 3.05) is 19.7 Å². The fourth-order valence-electron chi connectivity index (χ4n) is 4.09. The van der Waals surface area contributed by atoms with Crippen LogP contribution in [0.15, 0.2) is 47.1 Å².